The second-order valence-electron chi connectivity index (χ2n) is 4.23. The lowest BCUT2D eigenvalue weighted by Crippen LogP contribution is -2.12. The third-order valence-electron chi connectivity index (χ3n) is 2.98. The summed E-state index contributed by atoms with van der Waals surface area (Å²) < 4.78 is 5.27. The lowest BCUT2D eigenvalue weighted by Gasteiger charge is -2.01. The standard InChI is InChI=1S/C12H11Cl2N3O/c13-8-4-3-7(6-9(8)14)11-16-12(18-17-11)10-2-1-5-15-10/h3-4,6,10,15H,1-2,5H2. The van der Waals surface area contributed by atoms with Gasteiger partial charge in [0.2, 0.25) is 11.7 Å². The van der Waals surface area contributed by atoms with Gasteiger partial charge < -0.3 is 9.84 Å². The van der Waals surface area contributed by atoms with Crippen LogP contribution in [0.4, 0.5) is 0 Å². The van der Waals surface area contributed by atoms with Crippen molar-refractivity contribution < 1.29 is 4.52 Å². The number of benzene rings is 1. The quantitative estimate of drug-likeness (QED) is 0.917. The van der Waals surface area contributed by atoms with Crippen molar-refractivity contribution in [1.29, 1.82) is 0 Å². The molecule has 0 spiro atoms. The van der Waals surface area contributed by atoms with Gasteiger partial charge in [-0.25, -0.2) is 0 Å². The van der Waals surface area contributed by atoms with E-state index in [-0.39, 0.29) is 6.04 Å². The summed E-state index contributed by atoms with van der Waals surface area (Å²) in [5.74, 6) is 1.17. The van der Waals surface area contributed by atoms with E-state index in [9.17, 15) is 0 Å². The first-order chi connectivity index (χ1) is 8.74. The minimum absolute atomic E-state index is 0.175. The Hall–Kier alpha value is -1.10. The van der Waals surface area contributed by atoms with Crippen LogP contribution in [0.2, 0.25) is 10.0 Å². The molecule has 2 heterocycles. The normalized spacial score (nSPS) is 19.3. The highest BCUT2D eigenvalue weighted by Gasteiger charge is 2.22. The van der Waals surface area contributed by atoms with Crippen molar-refractivity contribution in [3.05, 3.63) is 34.1 Å². The molecular formula is C12H11Cl2N3O. The van der Waals surface area contributed by atoms with Crippen LogP contribution in [0.25, 0.3) is 11.4 Å². The number of hydrogen-bond acceptors (Lipinski definition) is 4. The monoisotopic (exact) mass is 283 g/mol. The van der Waals surface area contributed by atoms with E-state index in [2.05, 4.69) is 15.5 Å². The van der Waals surface area contributed by atoms with Crippen molar-refractivity contribution in [2.75, 3.05) is 6.54 Å². The second-order valence-corrected chi connectivity index (χ2v) is 5.05. The minimum atomic E-state index is 0.175. The van der Waals surface area contributed by atoms with Gasteiger partial charge in [-0.2, -0.15) is 4.98 Å². The van der Waals surface area contributed by atoms with Crippen molar-refractivity contribution in [2.24, 2.45) is 0 Å². The van der Waals surface area contributed by atoms with E-state index in [0.29, 0.717) is 21.8 Å². The van der Waals surface area contributed by atoms with Crippen LogP contribution in [0, 0.1) is 0 Å². The highest BCUT2D eigenvalue weighted by Crippen LogP contribution is 2.28. The number of nitrogens with zero attached hydrogens (tertiary/aromatic N) is 2. The Morgan fingerprint density at radius 2 is 2.17 bits per heavy atom. The summed E-state index contributed by atoms with van der Waals surface area (Å²) in [7, 11) is 0. The van der Waals surface area contributed by atoms with Gasteiger partial charge in [-0.1, -0.05) is 28.4 Å². The molecule has 3 rings (SSSR count). The van der Waals surface area contributed by atoms with Crippen molar-refractivity contribution >= 4 is 23.2 Å². The first kappa shape index (κ1) is 12.0. The van der Waals surface area contributed by atoms with Crippen molar-refractivity contribution in [3.8, 4) is 11.4 Å². The maximum atomic E-state index is 5.97. The van der Waals surface area contributed by atoms with Gasteiger partial charge in [0.1, 0.15) is 0 Å². The van der Waals surface area contributed by atoms with E-state index in [1.54, 1.807) is 12.1 Å². The summed E-state index contributed by atoms with van der Waals surface area (Å²) in [5.41, 5.74) is 0.803. The average Bonchev–Trinajstić information content (AvgIpc) is 3.01. The molecule has 0 amide bonds. The van der Waals surface area contributed by atoms with E-state index in [1.807, 2.05) is 6.07 Å². The topological polar surface area (TPSA) is 51.0 Å². The molecule has 1 saturated heterocycles. The molecule has 1 aromatic carbocycles. The van der Waals surface area contributed by atoms with E-state index >= 15 is 0 Å². The van der Waals surface area contributed by atoms with Crippen LogP contribution in [0.1, 0.15) is 24.8 Å². The molecule has 0 aliphatic carbocycles. The van der Waals surface area contributed by atoms with E-state index in [4.69, 9.17) is 27.7 Å². The molecule has 1 unspecified atom stereocenters. The Bertz CT molecular complexity index is 564. The Morgan fingerprint density at radius 1 is 1.28 bits per heavy atom. The van der Waals surface area contributed by atoms with Crippen LogP contribution in [0.5, 0.6) is 0 Å². The molecule has 0 bridgehead atoms. The molecule has 1 N–H and O–H groups in total. The van der Waals surface area contributed by atoms with Gasteiger partial charge in [0, 0.05) is 5.56 Å². The Kier molecular flexibility index (Phi) is 3.24. The van der Waals surface area contributed by atoms with Gasteiger partial charge in [-0.05, 0) is 37.6 Å². The summed E-state index contributed by atoms with van der Waals surface area (Å²) in [5, 5.41) is 8.29. The molecule has 1 aliphatic rings. The number of rotatable bonds is 2. The zero-order valence-corrected chi connectivity index (χ0v) is 11.0. The molecule has 4 nitrogen and oxygen atoms in total. The number of halogens is 2. The predicted molar refractivity (Wildman–Crippen MR) is 69.7 cm³/mol. The van der Waals surface area contributed by atoms with Gasteiger partial charge in [0.25, 0.3) is 0 Å². The van der Waals surface area contributed by atoms with Crippen LogP contribution >= 0.6 is 23.2 Å². The Balaban J connectivity index is 1.89. The fourth-order valence-corrected chi connectivity index (χ4v) is 2.32. The zero-order chi connectivity index (χ0) is 12.5. The smallest absolute Gasteiger partial charge is 0.244 e. The Labute approximate surface area is 114 Å². The first-order valence-corrected chi connectivity index (χ1v) is 6.52. The van der Waals surface area contributed by atoms with Crippen LogP contribution in [0.3, 0.4) is 0 Å². The van der Waals surface area contributed by atoms with E-state index in [1.165, 1.54) is 0 Å². The summed E-state index contributed by atoms with van der Waals surface area (Å²) in [6.07, 6.45) is 2.16. The van der Waals surface area contributed by atoms with Crippen molar-refractivity contribution in [1.82, 2.24) is 15.5 Å². The maximum absolute atomic E-state index is 5.97. The average molecular weight is 284 g/mol. The van der Waals surface area contributed by atoms with Crippen molar-refractivity contribution in [3.63, 3.8) is 0 Å². The lowest BCUT2D eigenvalue weighted by atomic mass is 10.2. The number of aromatic nitrogens is 2. The third kappa shape index (κ3) is 2.23. The fourth-order valence-electron chi connectivity index (χ4n) is 2.02. The molecule has 1 aromatic heterocycles. The first-order valence-electron chi connectivity index (χ1n) is 5.76. The number of nitrogens with one attached hydrogen (secondary N) is 1. The van der Waals surface area contributed by atoms with Crippen molar-refractivity contribution in [2.45, 2.75) is 18.9 Å². The highest BCUT2D eigenvalue weighted by atomic mass is 35.5. The maximum Gasteiger partial charge on any atom is 0.244 e. The minimum Gasteiger partial charge on any atom is -0.337 e. The Morgan fingerprint density at radius 3 is 2.89 bits per heavy atom. The van der Waals surface area contributed by atoms with Crippen LogP contribution < -0.4 is 5.32 Å². The van der Waals surface area contributed by atoms with Crippen LogP contribution in [-0.4, -0.2) is 16.7 Å². The molecule has 1 fully saturated rings. The lowest BCUT2D eigenvalue weighted by molar-refractivity contribution is 0.345. The molecule has 18 heavy (non-hydrogen) atoms. The summed E-state index contributed by atoms with van der Waals surface area (Å²) in [6.45, 7) is 0.995. The molecular weight excluding hydrogens is 273 g/mol. The SMILES string of the molecule is Clc1ccc(-c2noc(C3CCCN3)n2)cc1Cl. The molecule has 94 valence electrons. The van der Waals surface area contributed by atoms with E-state index < -0.39 is 0 Å². The largest absolute Gasteiger partial charge is 0.337 e. The van der Waals surface area contributed by atoms with Gasteiger partial charge >= 0.3 is 0 Å². The van der Waals surface area contributed by atoms with E-state index in [0.717, 1.165) is 24.9 Å². The molecule has 1 aliphatic heterocycles. The molecule has 1 atom stereocenters. The summed E-state index contributed by atoms with van der Waals surface area (Å²) >= 11 is 11.8. The second kappa shape index (κ2) is 4.88. The van der Waals surface area contributed by atoms with Gasteiger partial charge in [-0.3, -0.25) is 0 Å². The molecule has 6 heteroatoms. The molecule has 0 radical (unpaired) electrons. The fraction of sp³-hybridized carbons (Fsp3) is 0.333. The van der Waals surface area contributed by atoms with Crippen LogP contribution in [0.15, 0.2) is 22.7 Å². The zero-order valence-electron chi connectivity index (χ0n) is 9.49. The van der Waals surface area contributed by atoms with Crippen LogP contribution in [-0.2, 0) is 0 Å². The predicted octanol–water partition coefficient (Wildman–Crippen LogP) is 3.47. The molecule has 2 aromatic rings. The summed E-state index contributed by atoms with van der Waals surface area (Å²) in [4.78, 5) is 4.39. The van der Waals surface area contributed by atoms with Gasteiger partial charge in [0.15, 0.2) is 0 Å². The highest BCUT2D eigenvalue weighted by molar-refractivity contribution is 6.42. The summed E-state index contributed by atoms with van der Waals surface area (Å²) in [6, 6.07) is 5.46. The number of hydrogen-bond donors (Lipinski definition) is 1. The van der Waals surface area contributed by atoms with Gasteiger partial charge in [0.05, 0.1) is 16.1 Å². The van der Waals surface area contributed by atoms with Gasteiger partial charge in [-0.15, -0.1) is 0 Å². The molecule has 0 saturated carbocycles. The third-order valence-corrected chi connectivity index (χ3v) is 3.72.